The molecule has 0 spiro atoms. The summed E-state index contributed by atoms with van der Waals surface area (Å²) in [5.74, 6) is -1.13. The monoisotopic (exact) mass is 520 g/mol. The fourth-order valence-electron chi connectivity index (χ4n) is 4.20. The third-order valence-electron chi connectivity index (χ3n) is 6.04. The molecule has 0 radical (unpaired) electrons. The Balaban J connectivity index is 1.16. The summed E-state index contributed by atoms with van der Waals surface area (Å²) in [5.41, 5.74) is 3.73. The van der Waals surface area contributed by atoms with Crippen LogP contribution in [0.5, 0.6) is 11.5 Å². The largest absolute Gasteiger partial charge is 0.493 e. The number of amides is 1. The zero-order valence-corrected chi connectivity index (χ0v) is 21.0. The Morgan fingerprint density at radius 1 is 1.03 bits per heavy atom. The average Bonchev–Trinajstić information content (AvgIpc) is 3.45. The second kappa shape index (κ2) is 10.6. The molecule has 1 N–H and O–H groups in total. The molecular formula is C28H25FN2O5S. The van der Waals surface area contributed by atoms with E-state index in [9.17, 15) is 14.0 Å². The van der Waals surface area contributed by atoms with Crippen LogP contribution in [0, 0.1) is 0 Å². The van der Waals surface area contributed by atoms with Gasteiger partial charge in [-0.1, -0.05) is 30.6 Å². The van der Waals surface area contributed by atoms with Gasteiger partial charge in [-0.05, 0) is 66.6 Å². The number of carbonyl (C=O) groups excluding carboxylic acids is 2. The second-order valence-electron chi connectivity index (χ2n) is 8.64. The van der Waals surface area contributed by atoms with E-state index in [2.05, 4.69) is 23.5 Å². The summed E-state index contributed by atoms with van der Waals surface area (Å²) < 4.78 is 32.1. The number of ether oxygens (including phenoxy) is 2. The number of hydrogen-bond acceptors (Lipinski definition) is 7. The van der Waals surface area contributed by atoms with E-state index in [1.807, 2.05) is 36.4 Å². The van der Waals surface area contributed by atoms with Crippen LogP contribution in [0.3, 0.4) is 0 Å². The summed E-state index contributed by atoms with van der Waals surface area (Å²) >= 11 is 0.332. The number of rotatable bonds is 10. The fourth-order valence-corrected chi connectivity index (χ4v) is 4.87. The van der Waals surface area contributed by atoms with Gasteiger partial charge in [0.05, 0.1) is 13.2 Å². The maximum atomic E-state index is 14.8. The number of aromatic nitrogens is 1. The summed E-state index contributed by atoms with van der Waals surface area (Å²) in [6.45, 7) is 2.99. The lowest BCUT2D eigenvalue weighted by Gasteiger charge is -2.17. The first-order valence-electron chi connectivity index (χ1n) is 12.0. The number of aryl methyl sites for hydroxylation is 1. The van der Waals surface area contributed by atoms with Gasteiger partial charge in [-0.3, -0.25) is 9.59 Å². The maximum Gasteiger partial charge on any atom is 0.289 e. The molecule has 7 nitrogen and oxygen atoms in total. The highest BCUT2D eigenvalue weighted by atomic mass is 32.2. The standard InChI is InChI=1S/C28H25FN2O5S/c1-2-6-18-17-19(25-22-7-3-4-8-24(22)36-31-25)9-14-23(18)35-16-5-15-34-21-12-10-20(11-13-21)28(29)26(32)37-27(33)30-28/h3-4,7-14,17H,2,5-6,15-16H2,1H3,(H,30,33). The number of carbonyl (C=O) groups is 2. The third-order valence-corrected chi connectivity index (χ3v) is 6.79. The summed E-state index contributed by atoms with van der Waals surface area (Å²) in [4.78, 5) is 23.1. The van der Waals surface area contributed by atoms with Gasteiger partial charge in [0.2, 0.25) is 0 Å². The topological polar surface area (TPSA) is 90.7 Å². The van der Waals surface area contributed by atoms with Crippen molar-refractivity contribution >= 4 is 33.1 Å². The number of para-hydroxylation sites is 1. The van der Waals surface area contributed by atoms with Gasteiger partial charge in [-0.15, -0.1) is 0 Å². The van der Waals surface area contributed by atoms with E-state index in [1.54, 1.807) is 12.1 Å². The molecule has 9 heteroatoms. The maximum absolute atomic E-state index is 14.8. The van der Waals surface area contributed by atoms with E-state index in [-0.39, 0.29) is 5.56 Å². The van der Waals surface area contributed by atoms with Crippen molar-refractivity contribution in [2.24, 2.45) is 0 Å². The Bertz CT molecular complexity index is 1440. The SMILES string of the molecule is CCCc1cc(-c2noc3ccccc23)ccc1OCCCOc1ccc(C2(F)NC(=O)SC2=O)cc1. The molecule has 1 aliphatic rings. The first-order chi connectivity index (χ1) is 18.0. The second-order valence-corrected chi connectivity index (χ2v) is 9.58. The van der Waals surface area contributed by atoms with Crippen LogP contribution in [0.25, 0.3) is 22.2 Å². The molecule has 1 aliphatic heterocycles. The van der Waals surface area contributed by atoms with Crippen molar-refractivity contribution in [3.63, 3.8) is 0 Å². The van der Waals surface area contributed by atoms with Gasteiger partial charge in [0, 0.05) is 34.7 Å². The summed E-state index contributed by atoms with van der Waals surface area (Å²) in [6, 6.07) is 19.9. The molecule has 37 heavy (non-hydrogen) atoms. The molecule has 0 saturated carbocycles. The first-order valence-corrected chi connectivity index (χ1v) is 12.9. The average molecular weight is 521 g/mol. The van der Waals surface area contributed by atoms with E-state index in [0.717, 1.165) is 46.4 Å². The highest BCUT2D eigenvalue weighted by Crippen LogP contribution is 2.36. The number of nitrogens with zero attached hydrogens (tertiary/aromatic N) is 1. The Morgan fingerprint density at radius 2 is 1.81 bits per heavy atom. The number of hydrogen-bond donors (Lipinski definition) is 1. The number of nitrogens with one attached hydrogen (secondary N) is 1. The van der Waals surface area contributed by atoms with Crippen LogP contribution >= 0.6 is 11.8 Å². The molecule has 1 amide bonds. The normalized spacial score (nSPS) is 17.2. The predicted molar refractivity (Wildman–Crippen MR) is 139 cm³/mol. The Morgan fingerprint density at radius 3 is 2.57 bits per heavy atom. The van der Waals surface area contributed by atoms with Crippen molar-refractivity contribution in [3.05, 3.63) is 77.9 Å². The third kappa shape index (κ3) is 5.17. The van der Waals surface area contributed by atoms with E-state index in [1.165, 1.54) is 12.1 Å². The van der Waals surface area contributed by atoms with Crippen molar-refractivity contribution in [1.82, 2.24) is 10.5 Å². The minimum absolute atomic E-state index is 0.0667. The minimum Gasteiger partial charge on any atom is -0.493 e. The lowest BCUT2D eigenvalue weighted by atomic mass is 10.0. The van der Waals surface area contributed by atoms with Crippen molar-refractivity contribution in [2.45, 2.75) is 32.0 Å². The van der Waals surface area contributed by atoms with Gasteiger partial charge >= 0.3 is 0 Å². The van der Waals surface area contributed by atoms with Gasteiger partial charge in [0.1, 0.15) is 17.2 Å². The van der Waals surface area contributed by atoms with Gasteiger partial charge in [-0.25, -0.2) is 4.39 Å². The molecule has 1 fully saturated rings. The molecule has 2 heterocycles. The molecule has 5 rings (SSSR count). The van der Waals surface area contributed by atoms with Gasteiger partial charge in [0.15, 0.2) is 5.58 Å². The van der Waals surface area contributed by atoms with Crippen LogP contribution in [0.4, 0.5) is 9.18 Å². The van der Waals surface area contributed by atoms with Crippen molar-refractivity contribution in [3.8, 4) is 22.8 Å². The van der Waals surface area contributed by atoms with Crippen LogP contribution in [0.1, 0.15) is 30.9 Å². The highest BCUT2D eigenvalue weighted by molar-refractivity contribution is 8.26. The zero-order valence-electron chi connectivity index (χ0n) is 20.2. The molecule has 190 valence electrons. The molecule has 1 saturated heterocycles. The molecule has 1 unspecified atom stereocenters. The number of halogens is 1. The van der Waals surface area contributed by atoms with Crippen molar-refractivity contribution in [1.29, 1.82) is 0 Å². The predicted octanol–water partition coefficient (Wildman–Crippen LogP) is 6.40. The van der Waals surface area contributed by atoms with E-state index < -0.39 is 16.1 Å². The highest BCUT2D eigenvalue weighted by Gasteiger charge is 2.49. The van der Waals surface area contributed by atoms with E-state index in [0.29, 0.717) is 37.1 Å². The summed E-state index contributed by atoms with van der Waals surface area (Å²) in [5, 5.41) is 5.74. The quantitative estimate of drug-likeness (QED) is 0.191. The molecule has 1 atom stereocenters. The smallest absolute Gasteiger partial charge is 0.289 e. The van der Waals surface area contributed by atoms with Crippen LogP contribution in [-0.4, -0.2) is 28.7 Å². The Kier molecular flexibility index (Phi) is 7.14. The van der Waals surface area contributed by atoms with Crippen LogP contribution in [0.15, 0.2) is 71.3 Å². The molecular weight excluding hydrogens is 495 g/mol. The minimum atomic E-state index is -2.50. The molecule has 0 aliphatic carbocycles. The van der Waals surface area contributed by atoms with Gasteiger partial charge < -0.3 is 19.3 Å². The Labute approximate surface area is 217 Å². The molecule has 0 bridgehead atoms. The number of thioether (sulfide) groups is 1. The van der Waals surface area contributed by atoms with Crippen LogP contribution in [0.2, 0.25) is 0 Å². The summed E-state index contributed by atoms with van der Waals surface area (Å²) in [7, 11) is 0. The number of fused-ring (bicyclic) bond motifs is 1. The van der Waals surface area contributed by atoms with E-state index in [4.69, 9.17) is 14.0 Å². The fraction of sp³-hybridized carbons (Fsp3) is 0.250. The van der Waals surface area contributed by atoms with Crippen LogP contribution < -0.4 is 14.8 Å². The number of benzene rings is 3. The first kappa shape index (κ1) is 24.8. The molecule has 3 aromatic carbocycles. The number of alkyl halides is 1. The van der Waals surface area contributed by atoms with Crippen molar-refractivity contribution in [2.75, 3.05) is 13.2 Å². The molecule has 1 aromatic heterocycles. The molecule has 4 aromatic rings. The van der Waals surface area contributed by atoms with Gasteiger partial charge in [-0.2, -0.15) is 0 Å². The zero-order chi connectivity index (χ0) is 25.8. The lowest BCUT2D eigenvalue weighted by molar-refractivity contribution is -0.122. The van der Waals surface area contributed by atoms with Crippen molar-refractivity contribution < 1.29 is 28.0 Å². The van der Waals surface area contributed by atoms with E-state index >= 15 is 0 Å². The van der Waals surface area contributed by atoms with Crippen LogP contribution in [-0.2, 0) is 17.0 Å². The lowest BCUT2D eigenvalue weighted by Crippen LogP contribution is -2.38. The summed E-state index contributed by atoms with van der Waals surface area (Å²) in [6.07, 6.45) is 2.49. The van der Waals surface area contributed by atoms with Gasteiger partial charge in [0.25, 0.3) is 16.1 Å². The Hall–Kier alpha value is -3.85.